The number of nitrogens with two attached hydrogens (primary N) is 1. The molecule has 1 saturated heterocycles. The van der Waals surface area contributed by atoms with Crippen LogP contribution < -0.4 is 20.5 Å². The number of hydrogen-bond donors (Lipinski definition) is 2. The van der Waals surface area contributed by atoms with Crippen molar-refractivity contribution in [2.45, 2.75) is 10.9 Å². The van der Waals surface area contributed by atoms with Crippen molar-refractivity contribution in [3.63, 3.8) is 0 Å². The summed E-state index contributed by atoms with van der Waals surface area (Å²) in [4.78, 5) is 1.07. The summed E-state index contributed by atoms with van der Waals surface area (Å²) in [5.74, 6) is 2.18. The second-order valence-electron chi connectivity index (χ2n) is 4.39. The average Bonchev–Trinajstić information content (AvgIpc) is 2.34. The molecule has 3 N–H and O–H groups in total. The van der Waals surface area contributed by atoms with E-state index in [-0.39, 0.29) is 6.04 Å². The summed E-state index contributed by atoms with van der Waals surface area (Å²) < 4.78 is 10.9. The number of ether oxygens (including phenoxy) is 2. The third-order valence-electron chi connectivity index (χ3n) is 3.42. The minimum Gasteiger partial charge on any atom is -0.496 e. The Morgan fingerprint density at radius 3 is 2.39 bits per heavy atom. The number of thioether (sulfide) groups is 1. The maximum Gasteiger partial charge on any atom is 0.133 e. The van der Waals surface area contributed by atoms with Crippen LogP contribution in [0.25, 0.3) is 0 Å². The zero-order valence-electron chi connectivity index (χ0n) is 11.0. The van der Waals surface area contributed by atoms with Crippen LogP contribution in [0.15, 0.2) is 17.0 Å². The molecule has 0 spiro atoms. The quantitative estimate of drug-likeness (QED) is 0.795. The molecule has 0 saturated carbocycles. The Hall–Kier alpha value is -0.910. The Kier molecular flexibility index (Phi) is 4.37. The van der Waals surface area contributed by atoms with Crippen molar-refractivity contribution in [1.29, 1.82) is 0 Å². The molecular formula is C13H20N2O2S. The van der Waals surface area contributed by atoms with E-state index in [2.05, 4.69) is 5.32 Å². The first-order valence-corrected chi connectivity index (χ1v) is 7.20. The molecule has 0 bridgehead atoms. The van der Waals surface area contributed by atoms with Crippen LogP contribution in [0.4, 0.5) is 0 Å². The van der Waals surface area contributed by atoms with E-state index in [0.717, 1.165) is 35.0 Å². The van der Waals surface area contributed by atoms with Crippen LogP contribution in [-0.2, 0) is 0 Å². The van der Waals surface area contributed by atoms with Gasteiger partial charge in [0.15, 0.2) is 0 Å². The Morgan fingerprint density at radius 2 is 1.94 bits per heavy atom. The van der Waals surface area contributed by atoms with E-state index in [1.165, 1.54) is 0 Å². The van der Waals surface area contributed by atoms with Crippen LogP contribution in [0.1, 0.15) is 11.6 Å². The zero-order valence-corrected chi connectivity index (χ0v) is 11.8. The van der Waals surface area contributed by atoms with Gasteiger partial charge in [0.25, 0.3) is 0 Å². The molecule has 1 aliphatic rings. The minimum atomic E-state index is -0.00833. The Bertz CT molecular complexity index is 422. The molecule has 0 aliphatic carbocycles. The first kappa shape index (κ1) is 13.5. The molecule has 1 aromatic rings. The summed E-state index contributed by atoms with van der Waals surface area (Å²) in [6.07, 6.45) is 2.02. The highest BCUT2D eigenvalue weighted by Gasteiger charge is 2.28. The summed E-state index contributed by atoms with van der Waals surface area (Å²) in [5.41, 5.74) is 7.34. The largest absolute Gasteiger partial charge is 0.496 e. The smallest absolute Gasteiger partial charge is 0.133 e. The SMILES string of the molecule is COc1cc(C(N)C2CNC2)c(OC)cc1SC. The van der Waals surface area contributed by atoms with Crippen LogP contribution >= 0.6 is 11.8 Å². The van der Waals surface area contributed by atoms with Gasteiger partial charge in [0, 0.05) is 30.6 Å². The van der Waals surface area contributed by atoms with Crippen molar-refractivity contribution in [2.75, 3.05) is 33.6 Å². The molecule has 0 aromatic heterocycles. The highest BCUT2D eigenvalue weighted by atomic mass is 32.2. The summed E-state index contributed by atoms with van der Waals surface area (Å²) in [7, 11) is 3.36. The van der Waals surface area contributed by atoms with Gasteiger partial charge in [-0.2, -0.15) is 0 Å². The van der Waals surface area contributed by atoms with Gasteiger partial charge in [-0.3, -0.25) is 0 Å². The molecule has 0 amide bonds. The van der Waals surface area contributed by atoms with Gasteiger partial charge >= 0.3 is 0 Å². The fourth-order valence-electron chi connectivity index (χ4n) is 2.13. The molecule has 1 aliphatic heterocycles. The monoisotopic (exact) mass is 268 g/mol. The van der Waals surface area contributed by atoms with Gasteiger partial charge in [-0.1, -0.05) is 0 Å². The molecule has 1 aromatic carbocycles. The molecule has 1 atom stereocenters. The summed E-state index contributed by atoms with van der Waals surface area (Å²) in [6, 6.07) is 4.00. The standard InChI is InChI=1S/C13H20N2O2S/c1-16-10-5-12(18-3)11(17-2)4-9(10)13(14)8-6-15-7-8/h4-5,8,13,15H,6-7,14H2,1-3H3. The molecule has 5 heteroatoms. The average molecular weight is 268 g/mol. The molecule has 1 unspecified atom stereocenters. The highest BCUT2D eigenvalue weighted by Crippen LogP contribution is 2.38. The van der Waals surface area contributed by atoms with Crippen LogP contribution in [0.2, 0.25) is 0 Å². The second-order valence-corrected chi connectivity index (χ2v) is 5.24. The molecule has 18 heavy (non-hydrogen) atoms. The first-order valence-electron chi connectivity index (χ1n) is 5.97. The molecular weight excluding hydrogens is 248 g/mol. The third kappa shape index (κ3) is 2.43. The highest BCUT2D eigenvalue weighted by molar-refractivity contribution is 7.98. The van der Waals surface area contributed by atoms with E-state index in [1.807, 2.05) is 18.4 Å². The first-order chi connectivity index (χ1) is 8.71. The molecule has 4 nitrogen and oxygen atoms in total. The Labute approximate surface area is 112 Å². The Balaban J connectivity index is 2.37. The van der Waals surface area contributed by atoms with Gasteiger partial charge in [-0.25, -0.2) is 0 Å². The number of hydrogen-bond acceptors (Lipinski definition) is 5. The molecule has 2 rings (SSSR count). The lowest BCUT2D eigenvalue weighted by Crippen LogP contribution is -2.47. The fraction of sp³-hybridized carbons (Fsp3) is 0.538. The van der Waals surface area contributed by atoms with E-state index < -0.39 is 0 Å². The van der Waals surface area contributed by atoms with Gasteiger partial charge in [0.2, 0.25) is 0 Å². The van der Waals surface area contributed by atoms with Gasteiger partial charge in [-0.15, -0.1) is 11.8 Å². The van der Waals surface area contributed by atoms with Crippen molar-refractivity contribution >= 4 is 11.8 Å². The number of benzene rings is 1. The van der Waals surface area contributed by atoms with Crippen molar-refractivity contribution in [3.05, 3.63) is 17.7 Å². The van der Waals surface area contributed by atoms with Crippen molar-refractivity contribution in [3.8, 4) is 11.5 Å². The van der Waals surface area contributed by atoms with Gasteiger partial charge in [-0.05, 0) is 18.4 Å². The fourth-order valence-corrected chi connectivity index (χ4v) is 2.70. The van der Waals surface area contributed by atoms with Gasteiger partial charge in [0.1, 0.15) is 11.5 Å². The lowest BCUT2D eigenvalue weighted by atomic mass is 9.88. The maximum atomic E-state index is 6.31. The van der Waals surface area contributed by atoms with E-state index in [4.69, 9.17) is 15.2 Å². The molecule has 100 valence electrons. The molecule has 1 fully saturated rings. The summed E-state index contributed by atoms with van der Waals surface area (Å²) >= 11 is 1.64. The van der Waals surface area contributed by atoms with Crippen molar-refractivity contribution in [1.82, 2.24) is 5.32 Å². The lowest BCUT2D eigenvalue weighted by molar-refractivity contribution is 0.287. The van der Waals surface area contributed by atoms with Crippen LogP contribution in [0.3, 0.4) is 0 Å². The summed E-state index contributed by atoms with van der Waals surface area (Å²) in [5, 5.41) is 3.24. The number of rotatable bonds is 5. The molecule has 1 heterocycles. The molecule has 0 radical (unpaired) electrons. The van der Waals surface area contributed by atoms with Crippen LogP contribution in [-0.4, -0.2) is 33.6 Å². The normalized spacial score (nSPS) is 17.1. The maximum absolute atomic E-state index is 6.31. The lowest BCUT2D eigenvalue weighted by Gasteiger charge is -2.33. The predicted octanol–water partition coefficient (Wildman–Crippen LogP) is 1.64. The van der Waals surface area contributed by atoms with E-state index in [9.17, 15) is 0 Å². The van der Waals surface area contributed by atoms with Crippen LogP contribution in [0.5, 0.6) is 11.5 Å². The number of methoxy groups -OCH3 is 2. The van der Waals surface area contributed by atoms with E-state index in [1.54, 1.807) is 26.0 Å². The second kappa shape index (κ2) is 5.82. The Morgan fingerprint density at radius 1 is 1.28 bits per heavy atom. The van der Waals surface area contributed by atoms with E-state index in [0.29, 0.717) is 5.92 Å². The van der Waals surface area contributed by atoms with E-state index >= 15 is 0 Å². The zero-order chi connectivity index (χ0) is 13.1. The third-order valence-corrected chi connectivity index (χ3v) is 4.17. The van der Waals surface area contributed by atoms with Gasteiger partial charge < -0.3 is 20.5 Å². The summed E-state index contributed by atoms with van der Waals surface area (Å²) in [6.45, 7) is 1.94. The minimum absolute atomic E-state index is 0.00833. The number of nitrogens with one attached hydrogen (secondary N) is 1. The van der Waals surface area contributed by atoms with Crippen molar-refractivity contribution < 1.29 is 9.47 Å². The predicted molar refractivity (Wildman–Crippen MR) is 74.6 cm³/mol. The van der Waals surface area contributed by atoms with Crippen molar-refractivity contribution in [2.24, 2.45) is 11.7 Å². The van der Waals surface area contributed by atoms with Crippen LogP contribution in [0, 0.1) is 5.92 Å². The van der Waals surface area contributed by atoms with Gasteiger partial charge in [0.05, 0.1) is 19.1 Å². The topological polar surface area (TPSA) is 56.5 Å².